The van der Waals surface area contributed by atoms with E-state index in [1.807, 2.05) is 39.0 Å². The minimum Gasteiger partial charge on any atom is -0.444 e. The Hall–Kier alpha value is -3.26. The highest BCUT2D eigenvalue weighted by atomic mass is 16.6. The number of pyridine rings is 3. The average Bonchev–Trinajstić information content (AvgIpc) is 2.77. The van der Waals surface area contributed by atoms with Gasteiger partial charge in [0.05, 0.1) is 35.7 Å². The molecule has 0 bridgehead atoms. The number of aromatic nitrogens is 3. The molecule has 1 saturated heterocycles. The Labute approximate surface area is 201 Å². The van der Waals surface area contributed by atoms with Gasteiger partial charge in [-0.05, 0) is 78.1 Å². The van der Waals surface area contributed by atoms with Crippen LogP contribution in [0.4, 0.5) is 4.79 Å². The third kappa shape index (κ3) is 7.95. The molecule has 0 aromatic carbocycles. The standard InChI is InChI=1S/C19H20N4O3.C7H14O.H2/c1-19(2,3)26-18(25)22-11-14-8-16-13(9-20-14)4-6-15(23-16)12-5-7-17(24)21-10-12;1-6-4-3-5-7(2)8-6;/h4-10H,11H2,1-3H3,(H,21,24)(H,22,25);6-7H,3-5H2,1-2H3;1H/t;6-,7+;. The number of hydrogen-bond donors (Lipinski definition) is 2. The first-order valence-corrected chi connectivity index (χ1v) is 11.7. The largest absolute Gasteiger partial charge is 0.444 e. The molecule has 0 radical (unpaired) electrons. The van der Waals surface area contributed by atoms with Crippen molar-refractivity contribution in [1.82, 2.24) is 20.3 Å². The molecule has 1 aliphatic rings. The normalized spacial score (nSPS) is 18.0. The van der Waals surface area contributed by atoms with Crippen LogP contribution in [0.25, 0.3) is 22.2 Å². The quantitative estimate of drug-likeness (QED) is 0.546. The van der Waals surface area contributed by atoms with E-state index >= 15 is 0 Å². The number of carbonyl (C=O) groups excluding carboxylic acids is 1. The third-order valence-electron chi connectivity index (χ3n) is 5.21. The number of fused-ring (bicyclic) bond motifs is 1. The van der Waals surface area contributed by atoms with Gasteiger partial charge in [-0.25, -0.2) is 9.78 Å². The van der Waals surface area contributed by atoms with Crippen LogP contribution >= 0.6 is 0 Å². The van der Waals surface area contributed by atoms with Crippen LogP contribution in [0.15, 0.2) is 47.5 Å². The Kier molecular flexibility index (Phi) is 8.39. The van der Waals surface area contributed by atoms with E-state index in [2.05, 4.69) is 34.1 Å². The second-order valence-corrected chi connectivity index (χ2v) is 9.55. The first-order valence-electron chi connectivity index (χ1n) is 11.7. The molecule has 8 heteroatoms. The van der Waals surface area contributed by atoms with Crippen LogP contribution in [0.2, 0.25) is 0 Å². The van der Waals surface area contributed by atoms with Gasteiger partial charge in [-0.3, -0.25) is 9.78 Å². The van der Waals surface area contributed by atoms with Gasteiger partial charge in [0.25, 0.3) is 0 Å². The summed E-state index contributed by atoms with van der Waals surface area (Å²) in [5.41, 5.74) is 2.28. The molecule has 0 unspecified atom stereocenters. The maximum absolute atomic E-state index is 11.8. The number of H-pyrrole nitrogens is 1. The summed E-state index contributed by atoms with van der Waals surface area (Å²) >= 11 is 0. The van der Waals surface area contributed by atoms with Crippen molar-refractivity contribution in [2.45, 2.75) is 78.2 Å². The highest BCUT2D eigenvalue weighted by Gasteiger charge is 2.16. The Balaban J connectivity index is 0.000000409. The van der Waals surface area contributed by atoms with Gasteiger partial charge in [-0.1, -0.05) is 0 Å². The van der Waals surface area contributed by atoms with Gasteiger partial charge >= 0.3 is 6.09 Å². The molecule has 0 saturated carbocycles. The van der Waals surface area contributed by atoms with Crippen LogP contribution in [0.5, 0.6) is 0 Å². The molecule has 4 heterocycles. The number of carbonyl (C=O) groups is 1. The van der Waals surface area contributed by atoms with E-state index in [4.69, 9.17) is 9.47 Å². The van der Waals surface area contributed by atoms with Crippen LogP contribution in [-0.2, 0) is 16.0 Å². The minimum absolute atomic E-state index is 0. The highest BCUT2D eigenvalue weighted by molar-refractivity contribution is 5.81. The van der Waals surface area contributed by atoms with Crippen molar-refractivity contribution >= 4 is 17.0 Å². The first-order chi connectivity index (χ1) is 16.1. The van der Waals surface area contributed by atoms with Crippen molar-refractivity contribution in [2.75, 3.05) is 0 Å². The van der Waals surface area contributed by atoms with E-state index in [0.717, 1.165) is 22.2 Å². The van der Waals surface area contributed by atoms with E-state index in [1.54, 1.807) is 18.5 Å². The zero-order valence-corrected chi connectivity index (χ0v) is 20.6. The number of alkyl carbamates (subject to hydrolysis) is 1. The lowest BCUT2D eigenvalue weighted by Crippen LogP contribution is -2.32. The molecule has 184 valence electrons. The summed E-state index contributed by atoms with van der Waals surface area (Å²) in [5.74, 6) is 0. The van der Waals surface area contributed by atoms with E-state index in [-0.39, 0.29) is 13.5 Å². The molecule has 0 spiro atoms. The summed E-state index contributed by atoms with van der Waals surface area (Å²) in [6, 6.07) is 8.79. The third-order valence-corrected chi connectivity index (χ3v) is 5.21. The number of aromatic amines is 1. The maximum atomic E-state index is 11.8. The predicted octanol–water partition coefficient (Wildman–Crippen LogP) is 5.22. The molecule has 4 rings (SSSR count). The Morgan fingerprint density at radius 1 is 1.21 bits per heavy atom. The Morgan fingerprint density at radius 2 is 1.94 bits per heavy atom. The van der Waals surface area contributed by atoms with Crippen molar-refractivity contribution in [3.63, 3.8) is 0 Å². The van der Waals surface area contributed by atoms with Gasteiger partial charge in [0, 0.05) is 30.8 Å². The zero-order valence-electron chi connectivity index (χ0n) is 20.6. The number of ether oxygens (including phenoxy) is 2. The van der Waals surface area contributed by atoms with Crippen molar-refractivity contribution in [3.8, 4) is 11.3 Å². The highest BCUT2D eigenvalue weighted by Crippen LogP contribution is 2.20. The van der Waals surface area contributed by atoms with Crippen LogP contribution in [0, 0.1) is 0 Å². The van der Waals surface area contributed by atoms with Crippen molar-refractivity contribution in [1.29, 1.82) is 0 Å². The molecule has 2 atom stereocenters. The van der Waals surface area contributed by atoms with E-state index in [9.17, 15) is 9.59 Å². The molecule has 1 amide bonds. The summed E-state index contributed by atoms with van der Waals surface area (Å²) < 4.78 is 10.7. The predicted molar refractivity (Wildman–Crippen MR) is 135 cm³/mol. The first kappa shape index (κ1) is 25.4. The topological polar surface area (TPSA) is 106 Å². The fourth-order valence-corrected chi connectivity index (χ4v) is 3.59. The summed E-state index contributed by atoms with van der Waals surface area (Å²) in [7, 11) is 0. The number of nitrogens with one attached hydrogen (secondary N) is 2. The Morgan fingerprint density at radius 3 is 2.53 bits per heavy atom. The van der Waals surface area contributed by atoms with Gasteiger partial charge in [0.15, 0.2) is 0 Å². The van der Waals surface area contributed by atoms with Gasteiger partial charge in [-0.15, -0.1) is 0 Å². The van der Waals surface area contributed by atoms with Crippen LogP contribution in [0.1, 0.15) is 61.0 Å². The van der Waals surface area contributed by atoms with Gasteiger partial charge in [-0.2, -0.15) is 0 Å². The fraction of sp³-hybridized carbons (Fsp3) is 0.462. The summed E-state index contributed by atoms with van der Waals surface area (Å²) in [6.45, 7) is 9.97. The monoisotopic (exact) mass is 468 g/mol. The summed E-state index contributed by atoms with van der Waals surface area (Å²) in [6.07, 6.45) is 7.73. The zero-order chi connectivity index (χ0) is 24.7. The average molecular weight is 469 g/mol. The lowest BCUT2D eigenvalue weighted by Gasteiger charge is -2.24. The fourth-order valence-electron chi connectivity index (χ4n) is 3.59. The van der Waals surface area contributed by atoms with Gasteiger partial charge in [0.1, 0.15) is 5.60 Å². The maximum Gasteiger partial charge on any atom is 0.407 e. The SMILES string of the molecule is CC(C)(C)OC(=O)NCc1cc2nc(-c3ccc(=O)[nH]c3)ccc2cn1.C[C@@H]1CCC[C@H](C)O1.[HH]. The number of amides is 1. The molecular formula is C26H36N4O4. The molecule has 1 aliphatic heterocycles. The van der Waals surface area contributed by atoms with Gasteiger partial charge in [0.2, 0.25) is 5.56 Å². The molecule has 0 aliphatic carbocycles. The summed E-state index contributed by atoms with van der Waals surface area (Å²) in [4.78, 5) is 34.5. The van der Waals surface area contributed by atoms with E-state index in [1.165, 1.54) is 25.3 Å². The Bertz CT molecular complexity index is 1150. The number of rotatable bonds is 3. The minimum atomic E-state index is -0.548. The number of hydrogen-bond acceptors (Lipinski definition) is 6. The number of nitrogens with zero attached hydrogens (tertiary/aromatic N) is 2. The molecule has 2 N–H and O–H groups in total. The summed E-state index contributed by atoms with van der Waals surface area (Å²) in [5, 5.41) is 3.57. The molecular weight excluding hydrogens is 432 g/mol. The van der Waals surface area contributed by atoms with Crippen molar-refractivity contribution < 1.29 is 15.7 Å². The van der Waals surface area contributed by atoms with E-state index in [0.29, 0.717) is 17.9 Å². The lowest BCUT2D eigenvalue weighted by molar-refractivity contribution is -0.0292. The molecule has 3 aromatic rings. The van der Waals surface area contributed by atoms with Crippen LogP contribution in [0.3, 0.4) is 0 Å². The molecule has 1 fully saturated rings. The van der Waals surface area contributed by atoms with Gasteiger partial charge < -0.3 is 19.8 Å². The van der Waals surface area contributed by atoms with Crippen LogP contribution in [-0.4, -0.2) is 38.9 Å². The van der Waals surface area contributed by atoms with Crippen molar-refractivity contribution in [2.24, 2.45) is 0 Å². The molecule has 34 heavy (non-hydrogen) atoms. The second kappa shape index (κ2) is 11.2. The van der Waals surface area contributed by atoms with Crippen molar-refractivity contribution in [3.05, 3.63) is 58.8 Å². The lowest BCUT2D eigenvalue weighted by atomic mass is 10.1. The van der Waals surface area contributed by atoms with E-state index < -0.39 is 11.7 Å². The molecule has 3 aromatic heterocycles. The van der Waals surface area contributed by atoms with Crippen LogP contribution < -0.4 is 10.9 Å². The smallest absolute Gasteiger partial charge is 0.407 e. The second-order valence-electron chi connectivity index (χ2n) is 9.55. The molecule has 8 nitrogen and oxygen atoms in total.